The number of carboxylic acids is 1. The lowest BCUT2D eigenvalue weighted by molar-refractivity contribution is -0.138. The molecule has 3 rings (SSSR count). The molecule has 0 bridgehead atoms. The van der Waals surface area contributed by atoms with Gasteiger partial charge in [-0.3, -0.25) is 9.59 Å². The third-order valence-corrected chi connectivity index (χ3v) is 4.43. The van der Waals surface area contributed by atoms with Crippen molar-refractivity contribution >= 4 is 17.6 Å². The van der Waals surface area contributed by atoms with E-state index in [-0.39, 0.29) is 18.9 Å². The van der Waals surface area contributed by atoms with Gasteiger partial charge in [0.1, 0.15) is 11.7 Å². The average molecular weight is 353 g/mol. The third-order valence-electron chi connectivity index (χ3n) is 4.43. The van der Waals surface area contributed by atoms with Crippen molar-refractivity contribution in [1.82, 2.24) is 0 Å². The van der Waals surface area contributed by atoms with Gasteiger partial charge in [-0.15, -0.1) is 0 Å². The molecule has 1 atom stereocenters. The number of carbonyl (C=O) groups is 2. The van der Waals surface area contributed by atoms with Crippen LogP contribution in [0.3, 0.4) is 0 Å². The van der Waals surface area contributed by atoms with Gasteiger partial charge in [-0.2, -0.15) is 0 Å². The number of amides is 1. The molecule has 0 aliphatic carbocycles. The number of hydrogen-bond donors (Lipinski definition) is 1. The second-order valence-corrected chi connectivity index (χ2v) is 6.98. The summed E-state index contributed by atoms with van der Waals surface area (Å²) in [5, 5.41) is 9.42. The molecule has 1 aliphatic rings. The van der Waals surface area contributed by atoms with E-state index in [1.54, 1.807) is 23.1 Å². The number of nitrogens with zero attached hydrogens (tertiary/aromatic N) is 1. The number of fused-ring (bicyclic) bond motifs is 1. The Kier molecular flexibility index (Phi) is 5.26. The summed E-state index contributed by atoms with van der Waals surface area (Å²) in [5.74, 6) is -0.431. The van der Waals surface area contributed by atoms with Crippen molar-refractivity contribution in [2.24, 2.45) is 5.92 Å². The molecule has 5 heteroatoms. The highest BCUT2D eigenvalue weighted by Gasteiger charge is 2.36. The van der Waals surface area contributed by atoms with Crippen molar-refractivity contribution in [3.63, 3.8) is 0 Å². The second-order valence-electron chi connectivity index (χ2n) is 6.98. The Labute approximate surface area is 153 Å². The van der Waals surface area contributed by atoms with E-state index in [1.807, 2.05) is 30.3 Å². The summed E-state index contributed by atoms with van der Waals surface area (Å²) in [6, 6.07) is 14.7. The Morgan fingerprint density at radius 2 is 1.85 bits per heavy atom. The summed E-state index contributed by atoms with van der Waals surface area (Å²) in [7, 11) is 0. The molecule has 0 fully saturated rings. The number of aliphatic carboxylic acids is 1. The van der Waals surface area contributed by atoms with Gasteiger partial charge in [0, 0.05) is 12.2 Å². The number of ether oxygens (including phenoxy) is 1. The van der Waals surface area contributed by atoms with Gasteiger partial charge >= 0.3 is 5.97 Å². The van der Waals surface area contributed by atoms with Crippen molar-refractivity contribution in [3.05, 3.63) is 59.7 Å². The fraction of sp³-hybridized carbons (Fsp3) is 0.333. The summed E-state index contributed by atoms with van der Waals surface area (Å²) in [4.78, 5) is 25.8. The van der Waals surface area contributed by atoms with E-state index in [9.17, 15) is 14.7 Å². The number of hydrogen-bond acceptors (Lipinski definition) is 3. The van der Waals surface area contributed by atoms with Crippen LogP contribution in [-0.2, 0) is 16.0 Å². The van der Waals surface area contributed by atoms with E-state index in [4.69, 9.17) is 4.74 Å². The van der Waals surface area contributed by atoms with Crippen molar-refractivity contribution in [1.29, 1.82) is 0 Å². The van der Waals surface area contributed by atoms with Crippen LogP contribution < -0.4 is 9.64 Å². The van der Waals surface area contributed by atoms with E-state index in [1.165, 1.54) is 0 Å². The van der Waals surface area contributed by atoms with Crippen LogP contribution in [0.25, 0.3) is 0 Å². The Balaban J connectivity index is 1.70. The smallest absolute Gasteiger partial charge is 0.312 e. The standard InChI is InChI=1S/C21H23NO4/c1-14(2)13-26-16-9-7-15(8-10-16)11-20(23)22-12-18(21(24)25)17-5-3-4-6-19(17)22/h3-10,14,18H,11-13H2,1-2H3,(H,24,25). The maximum atomic E-state index is 12.7. The molecule has 1 unspecified atom stereocenters. The van der Waals surface area contributed by atoms with Crippen LogP contribution >= 0.6 is 0 Å². The molecule has 1 amide bonds. The van der Waals surface area contributed by atoms with Crippen LogP contribution in [0.5, 0.6) is 5.75 Å². The Hall–Kier alpha value is -2.82. The fourth-order valence-electron chi connectivity index (χ4n) is 3.09. The third kappa shape index (κ3) is 3.87. The summed E-state index contributed by atoms with van der Waals surface area (Å²) in [5.41, 5.74) is 2.27. The zero-order chi connectivity index (χ0) is 18.7. The first-order valence-electron chi connectivity index (χ1n) is 8.79. The van der Waals surface area contributed by atoms with Crippen LogP contribution in [0.2, 0.25) is 0 Å². The number of para-hydroxylation sites is 1. The van der Waals surface area contributed by atoms with Crippen LogP contribution in [0.4, 0.5) is 5.69 Å². The monoisotopic (exact) mass is 353 g/mol. The van der Waals surface area contributed by atoms with Crippen LogP contribution in [0, 0.1) is 5.92 Å². The highest BCUT2D eigenvalue weighted by Crippen LogP contribution is 2.36. The molecular formula is C21H23NO4. The van der Waals surface area contributed by atoms with Crippen LogP contribution in [0.1, 0.15) is 30.9 Å². The van der Waals surface area contributed by atoms with Crippen LogP contribution in [0.15, 0.2) is 48.5 Å². The van der Waals surface area contributed by atoms with E-state index >= 15 is 0 Å². The van der Waals surface area contributed by atoms with Crippen molar-refractivity contribution in [2.45, 2.75) is 26.2 Å². The SMILES string of the molecule is CC(C)COc1ccc(CC(=O)N2CC(C(=O)O)c3ccccc32)cc1. The molecule has 0 saturated heterocycles. The minimum atomic E-state index is -0.903. The van der Waals surface area contributed by atoms with Crippen LogP contribution in [-0.4, -0.2) is 30.1 Å². The number of carbonyl (C=O) groups excluding carboxylic acids is 1. The van der Waals surface area contributed by atoms with E-state index < -0.39 is 11.9 Å². The predicted molar refractivity (Wildman–Crippen MR) is 99.7 cm³/mol. The van der Waals surface area contributed by atoms with Gasteiger partial charge in [0.25, 0.3) is 0 Å². The number of benzene rings is 2. The first kappa shape index (κ1) is 18.0. The molecule has 0 spiro atoms. The lowest BCUT2D eigenvalue weighted by atomic mass is 10.0. The predicted octanol–water partition coefficient (Wildman–Crippen LogP) is 3.48. The molecule has 136 valence electrons. The second kappa shape index (κ2) is 7.60. The molecule has 2 aromatic rings. The summed E-state index contributed by atoms with van der Waals surface area (Å²) in [6.45, 7) is 5.01. The minimum Gasteiger partial charge on any atom is -0.493 e. The Morgan fingerprint density at radius 1 is 1.15 bits per heavy atom. The van der Waals surface area contributed by atoms with Gasteiger partial charge in [-0.05, 0) is 35.2 Å². The van der Waals surface area contributed by atoms with Gasteiger partial charge in [-0.1, -0.05) is 44.2 Å². The number of rotatable bonds is 6. The largest absolute Gasteiger partial charge is 0.493 e. The maximum Gasteiger partial charge on any atom is 0.312 e. The Bertz CT molecular complexity index is 798. The molecule has 0 aromatic heterocycles. The quantitative estimate of drug-likeness (QED) is 0.863. The van der Waals surface area contributed by atoms with Crippen molar-refractivity contribution < 1.29 is 19.4 Å². The van der Waals surface area contributed by atoms with Gasteiger partial charge in [0.15, 0.2) is 0 Å². The molecule has 0 saturated carbocycles. The highest BCUT2D eigenvalue weighted by atomic mass is 16.5. The number of anilines is 1. The molecule has 1 N–H and O–H groups in total. The van der Waals surface area contributed by atoms with Gasteiger partial charge in [-0.25, -0.2) is 0 Å². The van der Waals surface area contributed by atoms with Gasteiger partial charge in [0.2, 0.25) is 5.91 Å². The molecule has 0 radical (unpaired) electrons. The first-order chi connectivity index (χ1) is 12.5. The van der Waals surface area contributed by atoms with Crippen molar-refractivity contribution in [2.75, 3.05) is 18.1 Å². The molecular weight excluding hydrogens is 330 g/mol. The Morgan fingerprint density at radius 3 is 2.50 bits per heavy atom. The zero-order valence-corrected chi connectivity index (χ0v) is 15.0. The normalized spacial score (nSPS) is 15.8. The average Bonchev–Trinajstić information content (AvgIpc) is 3.01. The summed E-state index contributed by atoms with van der Waals surface area (Å²) in [6.07, 6.45) is 0.227. The molecule has 5 nitrogen and oxygen atoms in total. The lowest BCUT2D eigenvalue weighted by Crippen LogP contribution is -2.32. The zero-order valence-electron chi connectivity index (χ0n) is 15.0. The van der Waals surface area contributed by atoms with E-state index in [0.717, 1.165) is 11.3 Å². The summed E-state index contributed by atoms with van der Waals surface area (Å²) < 4.78 is 5.65. The molecule has 1 heterocycles. The van der Waals surface area contributed by atoms with Gasteiger partial charge in [0.05, 0.1) is 13.0 Å². The van der Waals surface area contributed by atoms with Crippen molar-refractivity contribution in [3.8, 4) is 5.75 Å². The summed E-state index contributed by atoms with van der Waals surface area (Å²) >= 11 is 0. The maximum absolute atomic E-state index is 12.7. The first-order valence-corrected chi connectivity index (χ1v) is 8.79. The lowest BCUT2D eigenvalue weighted by Gasteiger charge is -2.17. The topological polar surface area (TPSA) is 66.8 Å². The molecule has 1 aliphatic heterocycles. The highest BCUT2D eigenvalue weighted by molar-refractivity contribution is 5.99. The fourth-order valence-corrected chi connectivity index (χ4v) is 3.09. The number of carboxylic acid groups (broad SMARTS) is 1. The van der Waals surface area contributed by atoms with E-state index in [2.05, 4.69) is 13.8 Å². The molecule has 26 heavy (non-hydrogen) atoms. The van der Waals surface area contributed by atoms with Gasteiger partial charge < -0.3 is 14.7 Å². The molecule has 2 aromatic carbocycles. The minimum absolute atomic E-state index is 0.1000. The van der Waals surface area contributed by atoms with E-state index in [0.29, 0.717) is 23.8 Å².